The summed E-state index contributed by atoms with van der Waals surface area (Å²) >= 11 is 0. The molecule has 6 rings (SSSR count). The van der Waals surface area contributed by atoms with Gasteiger partial charge in [-0.1, -0.05) is 18.2 Å². The largest absolute Gasteiger partial charge is 0.353 e. The van der Waals surface area contributed by atoms with E-state index in [1.54, 1.807) is 12.4 Å². The van der Waals surface area contributed by atoms with E-state index in [9.17, 15) is 12.8 Å². The van der Waals surface area contributed by atoms with Crippen LogP contribution >= 0.6 is 0 Å². The van der Waals surface area contributed by atoms with Crippen molar-refractivity contribution in [3.05, 3.63) is 90.1 Å². The minimum absolute atomic E-state index is 0.0319. The number of aromatic amines is 2. The highest BCUT2D eigenvalue weighted by Crippen LogP contribution is 2.35. The Hall–Kier alpha value is -4.37. The van der Waals surface area contributed by atoms with Crippen molar-refractivity contribution in [3.8, 4) is 33.6 Å². The first kappa shape index (κ1) is 24.0. The number of benzene rings is 2. The molecule has 4 heterocycles. The lowest BCUT2D eigenvalue weighted by Crippen LogP contribution is -2.06. The Morgan fingerprint density at radius 2 is 1.82 bits per heavy atom. The monoisotopic (exact) mass is 525 g/mol. The number of rotatable bonds is 6. The molecular weight excluding hydrogens is 501 g/mol. The van der Waals surface area contributed by atoms with Crippen LogP contribution < -0.4 is 0 Å². The summed E-state index contributed by atoms with van der Waals surface area (Å²) in [7, 11) is -3.16. The molecular formula is C29H24FN5O2S. The Bertz CT molecular complexity index is 1940. The quantitative estimate of drug-likeness (QED) is 0.283. The van der Waals surface area contributed by atoms with Gasteiger partial charge in [-0.3, -0.25) is 10.1 Å². The average Bonchev–Trinajstić information content (AvgIpc) is 3.50. The number of nitrogens with zero attached hydrogens (tertiary/aromatic N) is 3. The molecule has 7 nitrogen and oxygen atoms in total. The SMILES string of the molecule is Cc1ccncc1-c1cnc2n[nH]c(-c3cc4c(-c5cc(F)cc(CCS(C)(=O)=O)c5)cccc4[nH]3)c2c1. The summed E-state index contributed by atoms with van der Waals surface area (Å²) in [4.78, 5) is 12.3. The number of pyridine rings is 2. The summed E-state index contributed by atoms with van der Waals surface area (Å²) < 4.78 is 37.8. The molecule has 0 amide bonds. The van der Waals surface area contributed by atoms with Gasteiger partial charge in [0.25, 0.3) is 0 Å². The highest BCUT2D eigenvalue weighted by Gasteiger charge is 2.16. The molecule has 0 radical (unpaired) electrons. The molecule has 4 aromatic heterocycles. The maximum Gasteiger partial charge on any atom is 0.181 e. The fraction of sp³-hybridized carbons (Fsp3) is 0.138. The molecule has 0 saturated carbocycles. The van der Waals surface area contributed by atoms with E-state index in [4.69, 9.17) is 0 Å². The van der Waals surface area contributed by atoms with Crippen LogP contribution in [0.5, 0.6) is 0 Å². The number of sulfone groups is 1. The van der Waals surface area contributed by atoms with Gasteiger partial charge in [0.2, 0.25) is 0 Å². The van der Waals surface area contributed by atoms with Crippen LogP contribution in [-0.4, -0.2) is 45.6 Å². The molecule has 2 aromatic carbocycles. The van der Waals surface area contributed by atoms with Crippen LogP contribution in [0.2, 0.25) is 0 Å². The molecule has 0 bridgehead atoms. The Balaban J connectivity index is 1.44. The van der Waals surface area contributed by atoms with Crippen molar-refractivity contribution in [2.75, 3.05) is 12.0 Å². The molecule has 38 heavy (non-hydrogen) atoms. The number of H-pyrrole nitrogens is 2. The van der Waals surface area contributed by atoms with Crippen molar-refractivity contribution in [2.45, 2.75) is 13.3 Å². The minimum Gasteiger partial charge on any atom is -0.353 e. The van der Waals surface area contributed by atoms with Gasteiger partial charge in [-0.15, -0.1) is 0 Å². The third-order valence-electron chi connectivity index (χ3n) is 6.72. The molecule has 0 unspecified atom stereocenters. The number of fused-ring (bicyclic) bond motifs is 2. The van der Waals surface area contributed by atoms with Gasteiger partial charge in [-0.25, -0.2) is 17.8 Å². The van der Waals surface area contributed by atoms with Gasteiger partial charge < -0.3 is 4.98 Å². The molecule has 0 fully saturated rings. The lowest BCUT2D eigenvalue weighted by molar-refractivity contribution is 0.600. The summed E-state index contributed by atoms with van der Waals surface area (Å²) in [5.74, 6) is -0.432. The first-order valence-corrected chi connectivity index (χ1v) is 14.2. The first-order valence-electron chi connectivity index (χ1n) is 12.1. The molecule has 0 atom stereocenters. The maximum absolute atomic E-state index is 14.6. The van der Waals surface area contributed by atoms with Gasteiger partial charge in [0, 0.05) is 52.3 Å². The molecule has 190 valence electrons. The Morgan fingerprint density at radius 1 is 0.947 bits per heavy atom. The van der Waals surface area contributed by atoms with Crippen LogP contribution in [0.1, 0.15) is 11.1 Å². The van der Waals surface area contributed by atoms with E-state index in [2.05, 4.69) is 31.2 Å². The number of hydrogen-bond donors (Lipinski definition) is 2. The van der Waals surface area contributed by atoms with E-state index in [1.165, 1.54) is 18.4 Å². The van der Waals surface area contributed by atoms with E-state index >= 15 is 0 Å². The topological polar surface area (TPSA) is 104 Å². The van der Waals surface area contributed by atoms with Crippen molar-refractivity contribution in [1.82, 2.24) is 25.1 Å². The zero-order valence-electron chi connectivity index (χ0n) is 20.8. The normalized spacial score (nSPS) is 12.0. The summed E-state index contributed by atoms with van der Waals surface area (Å²) in [5, 5.41) is 9.29. The van der Waals surface area contributed by atoms with Crippen LogP contribution in [0.25, 0.3) is 55.6 Å². The number of nitrogens with one attached hydrogen (secondary N) is 2. The fourth-order valence-corrected chi connectivity index (χ4v) is 5.42. The molecule has 2 N–H and O–H groups in total. The van der Waals surface area contributed by atoms with Crippen LogP contribution in [0.3, 0.4) is 0 Å². The van der Waals surface area contributed by atoms with Gasteiger partial charge in [0.1, 0.15) is 15.7 Å². The molecule has 6 aromatic rings. The highest BCUT2D eigenvalue weighted by atomic mass is 32.2. The Kier molecular flexibility index (Phi) is 5.80. The lowest BCUT2D eigenvalue weighted by Gasteiger charge is -2.08. The summed E-state index contributed by atoms with van der Waals surface area (Å²) in [6, 6.07) is 16.6. The third kappa shape index (κ3) is 4.56. The lowest BCUT2D eigenvalue weighted by atomic mass is 9.98. The fourth-order valence-electron chi connectivity index (χ4n) is 4.81. The van der Waals surface area contributed by atoms with E-state index < -0.39 is 15.7 Å². The predicted octanol–water partition coefficient (Wildman–Crippen LogP) is 5.87. The second kappa shape index (κ2) is 9.18. The molecule has 0 saturated heterocycles. The van der Waals surface area contributed by atoms with Crippen molar-refractivity contribution in [2.24, 2.45) is 0 Å². The van der Waals surface area contributed by atoms with Gasteiger partial charge in [0.15, 0.2) is 5.65 Å². The Morgan fingerprint density at radius 3 is 2.63 bits per heavy atom. The van der Waals surface area contributed by atoms with Gasteiger partial charge in [-0.2, -0.15) is 5.10 Å². The first-order chi connectivity index (χ1) is 18.2. The van der Waals surface area contributed by atoms with Crippen LogP contribution in [0, 0.1) is 12.7 Å². The summed E-state index contributed by atoms with van der Waals surface area (Å²) in [6.07, 6.45) is 6.83. The number of aromatic nitrogens is 5. The minimum atomic E-state index is -3.16. The standard InChI is InChI=1S/C29H24FN5O2S/c1-17-6-8-31-16-25(17)20-13-24-28(34-35-29(24)32-15-20)27-14-23-22(4-3-5-26(23)33-27)19-10-18(11-21(30)12-19)7-9-38(2,36)37/h3-6,8,10-16,33H,7,9H2,1-2H3,(H,32,34,35). The number of aryl methyl sites for hydroxylation is 2. The summed E-state index contributed by atoms with van der Waals surface area (Å²) in [6.45, 7) is 2.04. The van der Waals surface area contributed by atoms with E-state index in [0.717, 1.165) is 49.9 Å². The van der Waals surface area contributed by atoms with Crippen LogP contribution in [-0.2, 0) is 16.3 Å². The zero-order chi connectivity index (χ0) is 26.4. The van der Waals surface area contributed by atoms with Gasteiger partial charge in [0.05, 0.1) is 17.1 Å². The van der Waals surface area contributed by atoms with Crippen LogP contribution in [0.4, 0.5) is 4.39 Å². The smallest absolute Gasteiger partial charge is 0.181 e. The molecule has 0 spiro atoms. The van der Waals surface area contributed by atoms with E-state index in [1.807, 2.05) is 49.5 Å². The van der Waals surface area contributed by atoms with Crippen LogP contribution in [0.15, 0.2) is 73.2 Å². The van der Waals surface area contributed by atoms with E-state index in [-0.39, 0.29) is 12.2 Å². The second-order valence-corrected chi connectivity index (χ2v) is 11.8. The molecule has 0 aliphatic heterocycles. The van der Waals surface area contributed by atoms with Crippen molar-refractivity contribution >= 4 is 31.8 Å². The summed E-state index contributed by atoms with van der Waals surface area (Å²) in [5.41, 5.74) is 8.34. The Labute approximate surface area is 218 Å². The number of halogens is 1. The van der Waals surface area contributed by atoms with Crippen molar-refractivity contribution < 1.29 is 12.8 Å². The average molecular weight is 526 g/mol. The predicted molar refractivity (Wildman–Crippen MR) is 148 cm³/mol. The van der Waals surface area contributed by atoms with Crippen molar-refractivity contribution in [3.63, 3.8) is 0 Å². The van der Waals surface area contributed by atoms with Gasteiger partial charge >= 0.3 is 0 Å². The molecule has 0 aliphatic carbocycles. The van der Waals surface area contributed by atoms with E-state index in [0.29, 0.717) is 16.8 Å². The number of hydrogen-bond acceptors (Lipinski definition) is 5. The molecule has 0 aliphatic rings. The highest BCUT2D eigenvalue weighted by molar-refractivity contribution is 7.90. The van der Waals surface area contributed by atoms with Crippen molar-refractivity contribution in [1.29, 1.82) is 0 Å². The van der Waals surface area contributed by atoms with Gasteiger partial charge in [-0.05, 0) is 72.0 Å². The molecule has 9 heteroatoms. The second-order valence-electron chi connectivity index (χ2n) is 9.56. The maximum atomic E-state index is 14.6. The third-order valence-corrected chi connectivity index (χ3v) is 7.67. The zero-order valence-corrected chi connectivity index (χ0v) is 21.6.